The van der Waals surface area contributed by atoms with Gasteiger partial charge in [0.05, 0.1) is 6.42 Å². The molecule has 11 heavy (non-hydrogen) atoms. The Bertz CT molecular complexity index is 123. The van der Waals surface area contributed by atoms with E-state index in [1.165, 1.54) is 13.8 Å². The smallest absolute Gasteiger partial charge is 0.395 e. The minimum atomic E-state index is -3.17. The molecule has 0 radical (unpaired) electrons. The van der Waals surface area contributed by atoms with Crippen molar-refractivity contribution in [1.29, 1.82) is 0 Å². The van der Waals surface area contributed by atoms with Crippen LogP contribution in [-0.2, 0) is 9.59 Å². The average Bonchev–Trinajstić information content (AvgIpc) is 1.56. The van der Waals surface area contributed by atoms with Gasteiger partial charge in [-0.25, -0.2) is 0 Å². The van der Waals surface area contributed by atoms with Gasteiger partial charge in [-0.15, -0.1) is 0 Å². The summed E-state index contributed by atoms with van der Waals surface area (Å²) >= 11 is 0. The Morgan fingerprint density at radius 3 is 1.45 bits per heavy atom. The highest BCUT2D eigenvalue weighted by molar-refractivity contribution is 6.32. The lowest BCUT2D eigenvalue weighted by atomic mass is 10.2. The number of carbonyl (C=O) groups excluding carboxylic acids is 2. The van der Waals surface area contributed by atoms with Crippen molar-refractivity contribution >= 4 is 19.0 Å². The Hall–Kier alpha value is -0.775. The molecule has 0 aromatic carbocycles. The molecule has 0 bridgehead atoms. The van der Waals surface area contributed by atoms with Crippen LogP contribution in [0.15, 0.2) is 0 Å². The summed E-state index contributed by atoms with van der Waals surface area (Å²) < 4.78 is 19.8. The fourth-order valence-electron chi connectivity index (χ4n) is 0.351. The number of ketones is 2. The molecule has 6 heteroatoms. The predicted octanol–water partition coefficient (Wildman–Crippen LogP) is 0.457. The fourth-order valence-corrected chi connectivity index (χ4v) is 0.351. The van der Waals surface area contributed by atoms with Gasteiger partial charge in [0.1, 0.15) is 11.6 Å². The lowest BCUT2D eigenvalue weighted by Gasteiger charge is -1.81. The van der Waals surface area contributed by atoms with Crippen LogP contribution in [0.2, 0.25) is 0 Å². The van der Waals surface area contributed by atoms with Crippen molar-refractivity contribution in [2.24, 2.45) is 0 Å². The van der Waals surface area contributed by atoms with Crippen LogP contribution in [0, 0.1) is 0 Å². The van der Waals surface area contributed by atoms with Crippen LogP contribution in [0.1, 0.15) is 20.3 Å². The van der Waals surface area contributed by atoms with Crippen molar-refractivity contribution in [2.45, 2.75) is 20.3 Å². The van der Waals surface area contributed by atoms with Crippen molar-refractivity contribution in [3.05, 3.63) is 0 Å². The van der Waals surface area contributed by atoms with Crippen LogP contribution >= 0.6 is 0 Å². The van der Waals surface area contributed by atoms with E-state index in [4.69, 9.17) is 5.02 Å². The fraction of sp³-hybridized carbons (Fsp3) is 0.600. The SMILES string of the molecule is CC(=O)CC(C)=O.OB(F)F. The van der Waals surface area contributed by atoms with Crippen LogP contribution in [0.4, 0.5) is 8.63 Å². The third-order valence-corrected chi connectivity index (χ3v) is 0.498. The second-order valence-electron chi connectivity index (χ2n) is 1.86. The van der Waals surface area contributed by atoms with Gasteiger partial charge in [-0.1, -0.05) is 0 Å². The molecule has 0 aromatic heterocycles. The molecule has 0 fully saturated rings. The molecule has 1 N–H and O–H groups in total. The quantitative estimate of drug-likeness (QED) is 0.478. The number of hydrogen-bond acceptors (Lipinski definition) is 3. The Kier molecular flexibility index (Phi) is 8.57. The van der Waals surface area contributed by atoms with Gasteiger partial charge in [-0.2, -0.15) is 0 Å². The number of halogens is 2. The summed E-state index contributed by atoms with van der Waals surface area (Å²) in [6.07, 6.45) is 0.0833. The minimum Gasteiger partial charge on any atom is -0.395 e. The molecule has 0 aromatic rings. The van der Waals surface area contributed by atoms with Crippen LogP contribution in [0.5, 0.6) is 0 Å². The largest absolute Gasteiger partial charge is 0.718 e. The maximum absolute atomic E-state index is 10.0. The maximum atomic E-state index is 10.0. The highest BCUT2D eigenvalue weighted by Gasteiger charge is 2.01. The zero-order valence-corrected chi connectivity index (χ0v) is 6.30. The van der Waals surface area contributed by atoms with Crippen LogP contribution in [0.3, 0.4) is 0 Å². The number of hydrogen-bond donors (Lipinski definition) is 1. The number of rotatable bonds is 2. The van der Waals surface area contributed by atoms with Crippen molar-refractivity contribution in [3.8, 4) is 0 Å². The molecular weight excluding hydrogens is 157 g/mol. The van der Waals surface area contributed by atoms with Gasteiger partial charge in [0.25, 0.3) is 0 Å². The summed E-state index contributed by atoms with van der Waals surface area (Å²) in [6.45, 7) is 2.81. The molecule has 0 amide bonds. The lowest BCUT2D eigenvalue weighted by molar-refractivity contribution is -0.124. The van der Waals surface area contributed by atoms with Crippen LogP contribution in [0.25, 0.3) is 0 Å². The topological polar surface area (TPSA) is 54.4 Å². The first-order valence-corrected chi connectivity index (χ1v) is 2.81. The van der Waals surface area contributed by atoms with E-state index in [0.29, 0.717) is 0 Å². The van der Waals surface area contributed by atoms with Gasteiger partial charge in [0.15, 0.2) is 0 Å². The first kappa shape index (κ1) is 12.9. The van der Waals surface area contributed by atoms with E-state index < -0.39 is 7.47 Å². The van der Waals surface area contributed by atoms with Crippen LogP contribution < -0.4 is 0 Å². The highest BCUT2D eigenvalue weighted by atomic mass is 19.2. The summed E-state index contributed by atoms with van der Waals surface area (Å²) in [4.78, 5) is 20.1. The van der Waals surface area contributed by atoms with Gasteiger partial charge >= 0.3 is 7.47 Å². The monoisotopic (exact) mass is 166 g/mol. The Balaban J connectivity index is 0. The molecule has 0 saturated heterocycles. The zero-order chi connectivity index (χ0) is 9.44. The summed E-state index contributed by atoms with van der Waals surface area (Å²) in [5, 5.41) is 6.72. The van der Waals surface area contributed by atoms with Crippen molar-refractivity contribution in [2.75, 3.05) is 0 Å². The molecule has 0 unspecified atom stereocenters. The molecule has 64 valence electrons. The molecule has 0 aliphatic carbocycles. The third-order valence-electron chi connectivity index (χ3n) is 0.498. The number of carbonyl (C=O) groups is 2. The van der Waals surface area contributed by atoms with E-state index in [9.17, 15) is 18.2 Å². The van der Waals surface area contributed by atoms with Gasteiger partial charge in [0.2, 0.25) is 0 Å². The molecular formula is C5H9BF2O3. The summed E-state index contributed by atoms with van der Waals surface area (Å²) in [5.41, 5.74) is 0. The maximum Gasteiger partial charge on any atom is 0.718 e. The van der Waals surface area contributed by atoms with E-state index >= 15 is 0 Å². The van der Waals surface area contributed by atoms with Gasteiger partial charge < -0.3 is 5.02 Å². The van der Waals surface area contributed by atoms with E-state index in [1.807, 2.05) is 0 Å². The van der Waals surface area contributed by atoms with Gasteiger partial charge in [0, 0.05) is 0 Å². The van der Waals surface area contributed by atoms with Gasteiger partial charge in [-0.05, 0) is 13.8 Å². The standard InChI is InChI=1S/C5H8O2.BF2HO/c1-4(6)3-5(2)7;2-1(3)4/h3H2,1-2H3;4H. The molecule has 0 atom stereocenters. The Morgan fingerprint density at radius 2 is 1.45 bits per heavy atom. The van der Waals surface area contributed by atoms with E-state index in [2.05, 4.69) is 0 Å². The summed E-state index contributed by atoms with van der Waals surface area (Å²) in [5.74, 6) is -0.125. The zero-order valence-electron chi connectivity index (χ0n) is 6.30. The molecule has 0 rings (SSSR count). The lowest BCUT2D eigenvalue weighted by Crippen LogP contribution is -1.97. The molecule has 0 spiro atoms. The minimum absolute atomic E-state index is 0.0625. The summed E-state index contributed by atoms with van der Waals surface area (Å²) in [7, 11) is -3.17. The van der Waals surface area contributed by atoms with Crippen LogP contribution in [-0.4, -0.2) is 24.1 Å². The summed E-state index contributed by atoms with van der Waals surface area (Å²) in [6, 6.07) is 0. The molecule has 0 heterocycles. The highest BCUT2D eigenvalue weighted by Crippen LogP contribution is 1.80. The normalized spacial score (nSPS) is 7.73. The molecule has 0 aliphatic rings. The third kappa shape index (κ3) is 46.3. The molecule has 3 nitrogen and oxygen atoms in total. The van der Waals surface area contributed by atoms with Crippen molar-refractivity contribution in [3.63, 3.8) is 0 Å². The molecule has 0 saturated carbocycles. The second-order valence-corrected chi connectivity index (χ2v) is 1.86. The molecule has 0 aliphatic heterocycles. The van der Waals surface area contributed by atoms with Crippen molar-refractivity contribution in [1.82, 2.24) is 0 Å². The first-order valence-electron chi connectivity index (χ1n) is 2.81. The van der Waals surface area contributed by atoms with E-state index in [-0.39, 0.29) is 18.0 Å². The Morgan fingerprint density at radius 1 is 1.27 bits per heavy atom. The Labute approximate surface area is 63.6 Å². The van der Waals surface area contributed by atoms with E-state index in [0.717, 1.165) is 0 Å². The second kappa shape index (κ2) is 7.33. The average molecular weight is 166 g/mol. The van der Waals surface area contributed by atoms with E-state index in [1.54, 1.807) is 0 Å². The number of Topliss-reactive ketones (excluding diaryl/α,β-unsaturated/α-hetero) is 2. The first-order chi connectivity index (χ1) is 4.86. The van der Waals surface area contributed by atoms with Crippen molar-refractivity contribution < 1.29 is 23.2 Å². The predicted molar refractivity (Wildman–Crippen MR) is 36.2 cm³/mol. The van der Waals surface area contributed by atoms with Gasteiger partial charge in [-0.3, -0.25) is 18.2 Å².